The number of halogens is 3. The van der Waals surface area contributed by atoms with Gasteiger partial charge in [-0.15, -0.1) is 0 Å². The average molecular weight is 337 g/mol. The van der Waals surface area contributed by atoms with Crippen LogP contribution in [0.2, 0.25) is 0 Å². The molecule has 0 N–H and O–H groups in total. The zero-order valence-electron chi connectivity index (χ0n) is 13.3. The number of carbonyl (C=O) groups is 1. The lowest BCUT2D eigenvalue weighted by Crippen LogP contribution is -2.41. The van der Waals surface area contributed by atoms with Crippen LogP contribution in [0.15, 0.2) is 30.5 Å². The highest BCUT2D eigenvalue weighted by Gasteiger charge is 2.32. The number of carbonyl (C=O) groups excluding carboxylic acids is 1. The van der Waals surface area contributed by atoms with Crippen LogP contribution in [-0.4, -0.2) is 28.7 Å². The van der Waals surface area contributed by atoms with Crippen molar-refractivity contribution in [1.29, 1.82) is 0 Å². The fourth-order valence-corrected chi connectivity index (χ4v) is 3.16. The molecule has 0 fully saturated rings. The minimum Gasteiger partial charge on any atom is -0.306 e. The second-order valence-corrected chi connectivity index (χ2v) is 6.00. The molecular weight excluding hydrogens is 319 g/mol. The Morgan fingerprint density at radius 3 is 2.75 bits per heavy atom. The van der Waals surface area contributed by atoms with Crippen molar-refractivity contribution in [3.05, 3.63) is 47.5 Å². The maximum atomic E-state index is 13.1. The molecule has 24 heavy (non-hydrogen) atoms. The summed E-state index contributed by atoms with van der Waals surface area (Å²) in [5, 5.41) is 4.18. The van der Waals surface area contributed by atoms with E-state index in [1.54, 1.807) is 10.9 Å². The number of aromatic nitrogens is 2. The molecule has 128 valence electrons. The van der Waals surface area contributed by atoms with Crippen molar-refractivity contribution < 1.29 is 18.0 Å². The summed E-state index contributed by atoms with van der Waals surface area (Å²) in [6, 6.07) is 5.05. The highest BCUT2D eigenvalue weighted by Crippen LogP contribution is 2.28. The quantitative estimate of drug-likeness (QED) is 0.860. The number of alkyl halides is 2. The second kappa shape index (κ2) is 6.67. The largest absolute Gasteiger partial charge is 0.306 e. The number of nitrogens with zero attached hydrogens (tertiary/aromatic N) is 3. The summed E-state index contributed by atoms with van der Waals surface area (Å²) in [6.45, 7) is -0.695. The van der Waals surface area contributed by atoms with E-state index in [4.69, 9.17) is 0 Å². The van der Waals surface area contributed by atoms with Gasteiger partial charge in [-0.2, -0.15) is 5.10 Å². The van der Waals surface area contributed by atoms with Gasteiger partial charge in [0.05, 0.1) is 12.7 Å². The molecule has 3 rings (SSSR count). The fraction of sp³-hybridized carbons (Fsp3) is 0.412. The molecule has 0 aliphatic heterocycles. The van der Waals surface area contributed by atoms with Crippen molar-refractivity contribution in [2.75, 3.05) is 11.4 Å². The Morgan fingerprint density at radius 2 is 2.08 bits per heavy atom. The fourth-order valence-electron chi connectivity index (χ4n) is 3.16. The van der Waals surface area contributed by atoms with Gasteiger partial charge in [0.2, 0.25) is 5.91 Å². The molecule has 0 radical (unpaired) electrons. The molecule has 2 aromatic rings. The first-order chi connectivity index (χ1) is 11.5. The third kappa shape index (κ3) is 3.29. The number of amides is 1. The number of hydrogen-bond acceptors (Lipinski definition) is 2. The molecule has 1 aliphatic carbocycles. The first kappa shape index (κ1) is 16.5. The predicted octanol–water partition coefficient (Wildman–Crippen LogP) is 2.96. The second-order valence-electron chi connectivity index (χ2n) is 6.00. The summed E-state index contributed by atoms with van der Waals surface area (Å²) in [5.74, 6) is -1.20. The van der Waals surface area contributed by atoms with Gasteiger partial charge in [0, 0.05) is 30.8 Å². The smallest absolute Gasteiger partial charge is 0.256 e. The molecule has 1 atom stereocenters. The number of rotatable bonds is 4. The van der Waals surface area contributed by atoms with Crippen molar-refractivity contribution >= 4 is 11.6 Å². The first-order valence-corrected chi connectivity index (χ1v) is 7.80. The van der Waals surface area contributed by atoms with Crippen LogP contribution in [0.25, 0.3) is 0 Å². The lowest BCUT2D eigenvalue weighted by atomic mass is 9.87. The Morgan fingerprint density at radius 1 is 1.38 bits per heavy atom. The molecule has 7 heteroatoms. The molecule has 0 saturated carbocycles. The van der Waals surface area contributed by atoms with E-state index >= 15 is 0 Å². The van der Waals surface area contributed by atoms with Crippen molar-refractivity contribution in [1.82, 2.24) is 9.78 Å². The first-order valence-electron chi connectivity index (χ1n) is 7.80. The van der Waals surface area contributed by atoms with E-state index in [2.05, 4.69) is 5.10 Å². The highest BCUT2D eigenvalue weighted by molar-refractivity contribution is 5.95. The SMILES string of the molecule is Cn1ncc2c1CC(C(=O)N(CC(F)F)c1ccc(F)cc1)CC2. The Balaban J connectivity index is 1.84. The third-order valence-electron chi connectivity index (χ3n) is 4.42. The van der Waals surface area contributed by atoms with E-state index in [9.17, 15) is 18.0 Å². The summed E-state index contributed by atoms with van der Waals surface area (Å²) in [7, 11) is 1.81. The van der Waals surface area contributed by atoms with Gasteiger partial charge in [-0.3, -0.25) is 9.48 Å². The zero-order chi connectivity index (χ0) is 17.3. The minimum atomic E-state index is -2.66. The van der Waals surface area contributed by atoms with Crippen LogP contribution in [-0.2, 0) is 24.7 Å². The van der Waals surface area contributed by atoms with Crippen LogP contribution in [0, 0.1) is 11.7 Å². The number of aryl methyl sites for hydroxylation is 2. The Labute approximate surface area is 137 Å². The monoisotopic (exact) mass is 337 g/mol. The van der Waals surface area contributed by atoms with E-state index < -0.39 is 18.8 Å². The zero-order valence-corrected chi connectivity index (χ0v) is 13.3. The van der Waals surface area contributed by atoms with Crippen molar-refractivity contribution in [2.45, 2.75) is 25.7 Å². The van der Waals surface area contributed by atoms with Crippen molar-refractivity contribution in [3.63, 3.8) is 0 Å². The molecule has 0 bridgehead atoms. The molecule has 0 spiro atoms. The molecule has 1 aromatic heterocycles. The topological polar surface area (TPSA) is 38.1 Å². The van der Waals surface area contributed by atoms with Crippen molar-refractivity contribution in [2.24, 2.45) is 13.0 Å². The summed E-state index contributed by atoms with van der Waals surface area (Å²) < 4.78 is 40.7. The third-order valence-corrected chi connectivity index (χ3v) is 4.42. The van der Waals surface area contributed by atoms with Crippen LogP contribution in [0.1, 0.15) is 17.7 Å². The van der Waals surface area contributed by atoms with E-state index in [0.29, 0.717) is 19.3 Å². The molecular formula is C17H18F3N3O. The van der Waals surface area contributed by atoms with E-state index in [0.717, 1.165) is 16.2 Å². The number of benzene rings is 1. The average Bonchev–Trinajstić information content (AvgIpc) is 2.93. The molecule has 0 saturated heterocycles. The highest BCUT2D eigenvalue weighted by atomic mass is 19.3. The maximum Gasteiger partial charge on any atom is 0.256 e. The lowest BCUT2D eigenvalue weighted by Gasteiger charge is -2.29. The summed E-state index contributed by atoms with van der Waals surface area (Å²) in [4.78, 5) is 13.9. The molecule has 4 nitrogen and oxygen atoms in total. The summed E-state index contributed by atoms with van der Waals surface area (Å²) >= 11 is 0. The lowest BCUT2D eigenvalue weighted by molar-refractivity contribution is -0.123. The van der Waals surface area contributed by atoms with Gasteiger partial charge in [0.15, 0.2) is 0 Å². The number of fused-ring (bicyclic) bond motifs is 1. The molecule has 1 unspecified atom stereocenters. The van der Waals surface area contributed by atoms with Crippen LogP contribution in [0.4, 0.5) is 18.9 Å². The van der Waals surface area contributed by atoms with Crippen LogP contribution in [0.5, 0.6) is 0 Å². The van der Waals surface area contributed by atoms with Gasteiger partial charge < -0.3 is 4.90 Å². The number of hydrogen-bond donors (Lipinski definition) is 0. The van der Waals surface area contributed by atoms with E-state index in [1.165, 1.54) is 24.3 Å². The van der Waals surface area contributed by atoms with Crippen LogP contribution >= 0.6 is 0 Å². The van der Waals surface area contributed by atoms with Gasteiger partial charge in [0.1, 0.15) is 5.82 Å². The summed E-state index contributed by atoms with van der Waals surface area (Å²) in [5.41, 5.74) is 2.36. The van der Waals surface area contributed by atoms with Crippen LogP contribution < -0.4 is 4.90 Å². The predicted molar refractivity (Wildman–Crippen MR) is 83.5 cm³/mol. The standard InChI is InChI=1S/C17H18F3N3O/c1-22-15-8-11(2-3-12(15)9-21-22)17(24)23(10-16(19)20)14-6-4-13(18)5-7-14/h4-7,9,11,16H,2-3,8,10H2,1H3. The van der Waals surface area contributed by atoms with Gasteiger partial charge in [-0.05, 0) is 42.7 Å². The van der Waals surface area contributed by atoms with Gasteiger partial charge in [-0.1, -0.05) is 0 Å². The maximum absolute atomic E-state index is 13.1. The van der Waals surface area contributed by atoms with Gasteiger partial charge in [-0.25, -0.2) is 13.2 Å². The number of anilines is 1. The molecule has 1 amide bonds. The van der Waals surface area contributed by atoms with Gasteiger partial charge in [0.25, 0.3) is 6.43 Å². The van der Waals surface area contributed by atoms with E-state index in [-0.39, 0.29) is 17.5 Å². The van der Waals surface area contributed by atoms with E-state index in [1.807, 2.05) is 7.05 Å². The normalized spacial score (nSPS) is 17.0. The molecule has 1 aromatic carbocycles. The Bertz CT molecular complexity index is 727. The molecule has 1 heterocycles. The van der Waals surface area contributed by atoms with Gasteiger partial charge >= 0.3 is 0 Å². The van der Waals surface area contributed by atoms with Crippen molar-refractivity contribution in [3.8, 4) is 0 Å². The summed E-state index contributed by atoms with van der Waals surface area (Å²) in [6.07, 6.45) is 0.900. The Hall–Kier alpha value is -2.31. The molecule has 1 aliphatic rings. The Kier molecular flexibility index (Phi) is 4.59. The van der Waals surface area contributed by atoms with Crippen LogP contribution in [0.3, 0.4) is 0 Å². The minimum absolute atomic E-state index is 0.289.